The van der Waals surface area contributed by atoms with Crippen molar-refractivity contribution in [1.82, 2.24) is 0 Å². The van der Waals surface area contributed by atoms with Crippen molar-refractivity contribution in [2.45, 2.75) is 13.3 Å². The minimum absolute atomic E-state index is 0.0205. The van der Waals surface area contributed by atoms with Gasteiger partial charge in [-0.05, 0) is 18.2 Å². The van der Waals surface area contributed by atoms with Crippen LogP contribution in [0.25, 0.3) is 0 Å². The lowest BCUT2D eigenvalue weighted by Crippen LogP contribution is -2.30. The average Bonchev–Trinajstić information content (AvgIpc) is 2.22. The molecular formula is C11H11ClFNO3. The van der Waals surface area contributed by atoms with Crippen molar-refractivity contribution < 1.29 is 19.1 Å². The van der Waals surface area contributed by atoms with Crippen molar-refractivity contribution >= 4 is 29.2 Å². The van der Waals surface area contributed by atoms with Crippen molar-refractivity contribution in [1.29, 1.82) is 0 Å². The third-order valence-corrected chi connectivity index (χ3v) is 2.43. The van der Waals surface area contributed by atoms with Crippen molar-refractivity contribution in [2.24, 2.45) is 0 Å². The molecule has 17 heavy (non-hydrogen) atoms. The molecule has 0 aliphatic heterocycles. The van der Waals surface area contributed by atoms with Crippen LogP contribution in [0.2, 0.25) is 5.02 Å². The summed E-state index contributed by atoms with van der Waals surface area (Å²) in [7, 11) is 0. The van der Waals surface area contributed by atoms with Gasteiger partial charge >= 0.3 is 5.97 Å². The molecule has 1 aromatic rings. The fourth-order valence-corrected chi connectivity index (χ4v) is 1.50. The second-order valence-electron chi connectivity index (χ2n) is 3.41. The molecule has 0 aliphatic rings. The maximum Gasteiger partial charge on any atom is 0.305 e. The number of hydrogen-bond donors (Lipinski definition) is 1. The lowest BCUT2D eigenvalue weighted by molar-refractivity contribution is -0.136. The number of hydrogen-bond acceptors (Lipinski definition) is 2. The first-order chi connectivity index (χ1) is 7.91. The second kappa shape index (κ2) is 5.63. The zero-order valence-electron chi connectivity index (χ0n) is 9.11. The highest BCUT2D eigenvalue weighted by Crippen LogP contribution is 2.22. The molecule has 6 heteroatoms. The van der Waals surface area contributed by atoms with E-state index in [1.165, 1.54) is 24.0 Å². The Balaban J connectivity index is 2.93. The van der Waals surface area contributed by atoms with Crippen LogP contribution in [-0.2, 0) is 9.59 Å². The summed E-state index contributed by atoms with van der Waals surface area (Å²) in [6.07, 6.45) is -0.186. The number of carboxylic acid groups (broad SMARTS) is 1. The Kier molecular flexibility index (Phi) is 4.45. The van der Waals surface area contributed by atoms with Gasteiger partial charge in [0.1, 0.15) is 5.82 Å². The van der Waals surface area contributed by atoms with Gasteiger partial charge in [-0.25, -0.2) is 4.39 Å². The second-order valence-corrected chi connectivity index (χ2v) is 3.82. The molecule has 0 bridgehead atoms. The summed E-state index contributed by atoms with van der Waals surface area (Å²) in [6.45, 7) is 1.33. The smallest absolute Gasteiger partial charge is 0.305 e. The van der Waals surface area contributed by atoms with E-state index in [-0.39, 0.29) is 23.9 Å². The van der Waals surface area contributed by atoms with Crippen molar-refractivity contribution in [3.63, 3.8) is 0 Å². The standard InChI is InChI=1S/C11H11ClFNO3/c1-7(15)14(5-4-11(16)17)8-2-3-10(13)9(12)6-8/h2-3,6H,4-5H2,1H3,(H,16,17). The van der Waals surface area contributed by atoms with Crippen LogP contribution in [-0.4, -0.2) is 23.5 Å². The van der Waals surface area contributed by atoms with Gasteiger partial charge < -0.3 is 10.0 Å². The Bertz CT molecular complexity index is 450. The largest absolute Gasteiger partial charge is 0.481 e. The highest BCUT2D eigenvalue weighted by atomic mass is 35.5. The van der Waals surface area contributed by atoms with E-state index in [1.807, 2.05) is 0 Å². The van der Waals surface area contributed by atoms with Crippen LogP contribution in [0.4, 0.5) is 10.1 Å². The zero-order chi connectivity index (χ0) is 13.0. The Hall–Kier alpha value is -1.62. The fraction of sp³-hybridized carbons (Fsp3) is 0.273. The fourth-order valence-electron chi connectivity index (χ4n) is 1.33. The first-order valence-corrected chi connectivity index (χ1v) is 5.24. The molecule has 1 amide bonds. The van der Waals surface area contributed by atoms with E-state index >= 15 is 0 Å². The highest BCUT2D eigenvalue weighted by molar-refractivity contribution is 6.31. The van der Waals surface area contributed by atoms with Gasteiger partial charge in [-0.2, -0.15) is 0 Å². The molecule has 0 unspecified atom stereocenters. The number of nitrogens with zero attached hydrogens (tertiary/aromatic N) is 1. The van der Waals surface area contributed by atoms with Crippen molar-refractivity contribution in [2.75, 3.05) is 11.4 Å². The van der Waals surface area contributed by atoms with Crippen LogP contribution in [0.3, 0.4) is 0 Å². The minimum atomic E-state index is -1.01. The van der Waals surface area contributed by atoms with Crippen LogP contribution in [0.15, 0.2) is 18.2 Å². The molecule has 4 nitrogen and oxygen atoms in total. The molecule has 0 aromatic heterocycles. The van der Waals surface area contributed by atoms with Gasteiger partial charge in [0, 0.05) is 19.2 Å². The summed E-state index contributed by atoms with van der Waals surface area (Å²) in [4.78, 5) is 23.0. The first-order valence-electron chi connectivity index (χ1n) is 4.86. The Labute approximate surface area is 103 Å². The van der Waals surface area contributed by atoms with Gasteiger partial charge in [0.25, 0.3) is 0 Å². The van der Waals surface area contributed by atoms with Gasteiger partial charge in [-0.1, -0.05) is 11.6 Å². The van der Waals surface area contributed by atoms with Gasteiger partial charge in [0.05, 0.1) is 11.4 Å². The van der Waals surface area contributed by atoms with E-state index in [1.54, 1.807) is 0 Å². The van der Waals surface area contributed by atoms with E-state index in [2.05, 4.69) is 0 Å². The number of carboxylic acids is 1. The lowest BCUT2D eigenvalue weighted by atomic mass is 10.2. The molecule has 0 aliphatic carbocycles. The maximum absolute atomic E-state index is 12.9. The molecule has 0 heterocycles. The zero-order valence-corrected chi connectivity index (χ0v) is 9.87. The topological polar surface area (TPSA) is 57.6 Å². The number of carbonyl (C=O) groups excluding carboxylic acids is 1. The summed E-state index contributed by atoms with van der Waals surface area (Å²) >= 11 is 5.60. The molecule has 1 aromatic carbocycles. The van der Waals surface area contributed by atoms with E-state index in [9.17, 15) is 14.0 Å². The van der Waals surface area contributed by atoms with Crippen LogP contribution < -0.4 is 4.90 Å². The number of rotatable bonds is 4. The maximum atomic E-state index is 12.9. The third kappa shape index (κ3) is 3.71. The predicted molar refractivity (Wildman–Crippen MR) is 61.7 cm³/mol. The number of amides is 1. The number of benzene rings is 1. The lowest BCUT2D eigenvalue weighted by Gasteiger charge is -2.20. The van der Waals surface area contributed by atoms with Gasteiger partial charge in [-0.3, -0.25) is 9.59 Å². The minimum Gasteiger partial charge on any atom is -0.481 e. The summed E-state index contributed by atoms with van der Waals surface area (Å²) in [5.41, 5.74) is 0.380. The number of carbonyl (C=O) groups is 2. The molecular weight excluding hydrogens is 249 g/mol. The summed E-state index contributed by atoms with van der Waals surface area (Å²) < 4.78 is 12.9. The Morgan fingerprint density at radius 2 is 2.12 bits per heavy atom. The molecule has 0 spiro atoms. The number of halogens is 2. The molecule has 92 valence electrons. The van der Waals surface area contributed by atoms with E-state index in [0.717, 1.165) is 6.07 Å². The molecule has 0 saturated heterocycles. The summed E-state index contributed by atoms with van der Waals surface area (Å²) in [5, 5.41) is 8.46. The SMILES string of the molecule is CC(=O)N(CCC(=O)O)c1ccc(F)c(Cl)c1. The molecule has 0 saturated carbocycles. The molecule has 0 atom stereocenters. The molecule has 0 radical (unpaired) electrons. The molecule has 1 rings (SSSR count). The highest BCUT2D eigenvalue weighted by Gasteiger charge is 2.14. The van der Waals surface area contributed by atoms with E-state index in [4.69, 9.17) is 16.7 Å². The quantitative estimate of drug-likeness (QED) is 0.903. The van der Waals surface area contributed by atoms with Crippen LogP contribution in [0, 0.1) is 5.82 Å². The summed E-state index contributed by atoms with van der Waals surface area (Å²) in [5.74, 6) is -1.92. The van der Waals surface area contributed by atoms with E-state index in [0.29, 0.717) is 5.69 Å². The third-order valence-electron chi connectivity index (χ3n) is 2.14. The molecule has 1 N–H and O–H groups in total. The van der Waals surface area contributed by atoms with Crippen molar-refractivity contribution in [3.8, 4) is 0 Å². The van der Waals surface area contributed by atoms with E-state index < -0.39 is 11.8 Å². The number of anilines is 1. The first kappa shape index (κ1) is 13.4. The normalized spacial score (nSPS) is 10.1. The van der Waals surface area contributed by atoms with Gasteiger partial charge in [-0.15, -0.1) is 0 Å². The van der Waals surface area contributed by atoms with Gasteiger partial charge in [0.2, 0.25) is 5.91 Å². The Morgan fingerprint density at radius 3 is 2.59 bits per heavy atom. The Morgan fingerprint density at radius 1 is 1.47 bits per heavy atom. The van der Waals surface area contributed by atoms with Crippen molar-refractivity contribution in [3.05, 3.63) is 29.0 Å². The van der Waals surface area contributed by atoms with Crippen LogP contribution in [0.5, 0.6) is 0 Å². The van der Waals surface area contributed by atoms with Crippen LogP contribution >= 0.6 is 11.6 Å². The van der Waals surface area contributed by atoms with Gasteiger partial charge in [0.15, 0.2) is 0 Å². The summed E-state index contributed by atoms with van der Waals surface area (Å²) in [6, 6.07) is 3.80. The average molecular weight is 260 g/mol. The van der Waals surface area contributed by atoms with Crippen LogP contribution in [0.1, 0.15) is 13.3 Å². The monoisotopic (exact) mass is 259 g/mol. The predicted octanol–water partition coefficient (Wildman–Crippen LogP) is 2.31. The molecule has 0 fully saturated rings. The number of aliphatic carboxylic acids is 1.